The summed E-state index contributed by atoms with van der Waals surface area (Å²) in [6, 6.07) is 8.41. The molecule has 31 heavy (non-hydrogen) atoms. The Kier molecular flexibility index (Phi) is 6.02. The van der Waals surface area contributed by atoms with Crippen LogP contribution >= 0.6 is 11.3 Å². The Morgan fingerprint density at radius 2 is 1.77 bits per heavy atom. The highest BCUT2D eigenvalue weighted by Gasteiger charge is 2.36. The molecule has 7 nitrogen and oxygen atoms in total. The Balaban J connectivity index is 1.09. The van der Waals surface area contributed by atoms with E-state index < -0.39 is 9.84 Å². The van der Waals surface area contributed by atoms with Crippen LogP contribution in [0.3, 0.4) is 0 Å². The van der Waals surface area contributed by atoms with E-state index in [-0.39, 0.29) is 12.0 Å². The lowest BCUT2D eigenvalue weighted by Crippen LogP contribution is -2.52. The number of likely N-dealkylation sites (tertiary alicyclic amines) is 1. The zero-order chi connectivity index (χ0) is 21.4. The zero-order valence-electron chi connectivity index (χ0n) is 17.8. The number of fused-ring (bicyclic) bond motifs is 1. The minimum absolute atomic E-state index is 0.0880. The first kappa shape index (κ1) is 21.3. The Morgan fingerprint density at radius 1 is 1.03 bits per heavy atom. The van der Waals surface area contributed by atoms with E-state index in [2.05, 4.69) is 28.0 Å². The van der Waals surface area contributed by atoms with Gasteiger partial charge >= 0.3 is 0 Å². The van der Waals surface area contributed by atoms with Crippen molar-refractivity contribution in [3.8, 4) is 0 Å². The van der Waals surface area contributed by atoms with Crippen molar-refractivity contribution in [3.05, 3.63) is 29.3 Å². The Labute approximate surface area is 187 Å². The van der Waals surface area contributed by atoms with E-state index in [0.717, 1.165) is 75.6 Å². The van der Waals surface area contributed by atoms with Gasteiger partial charge in [0.2, 0.25) is 5.91 Å². The van der Waals surface area contributed by atoms with Crippen LogP contribution in [0.15, 0.2) is 24.3 Å². The van der Waals surface area contributed by atoms with Crippen LogP contribution in [-0.4, -0.2) is 90.8 Å². The van der Waals surface area contributed by atoms with Gasteiger partial charge in [-0.2, -0.15) is 0 Å². The van der Waals surface area contributed by atoms with E-state index in [1.165, 1.54) is 4.70 Å². The van der Waals surface area contributed by atoms with Gasteiger partial charge in [-0.1, -0.05) is 12.1 Å². The Morgan fingerprint density at radius 3 is 2.45 bits per heavy atom. The highest BCUT2D eigenvalue weighted by atomic mass is 32.2. The van der Waals surface area contributed by atoms with Crippen LogP contribution in [0.25, 0.3) is 10.2 Å². The number of rotatable bonds is 4. The lowest BCUT2D eigenvalue weighted by molar-refractivity contribution is -0.139. The first-order chi connectivity index (χ1) is 15.0. The summed E-state index contributed by atoms with van der Waals surface area (Å²) < 4.78 is 24.7. The standard InChI is InChI=1S/C22H30N4O3S2/c27-22(17-5-8-25(9-6-17)18-7-14-31(28,29)16-18)26-12-10-24(11-13-26)15-21-23-19-3-1-2-4-20(19)30-21/h1-4,17-18H,5-16H2/t18-/m0/s1. The number of para-hydroxylation sites is 1. The number of piperazine rings is 1. The molecule has 9 heteroatoms. The van der Waals surface area contributed by atoms with Crippen LogP contribution in [-0.2, 0) is 21.2 Å². The second-order valence-corrected chi connectivity index (χ2v) is 12.4. The van der Waals surface area contributed by atoms with Gasteiger partial charge in [0.15, 0.2) is 9.84 Å². The molecule has 3 aliphatic rings. The number of benzene rings is 1. The van der Waals surface area contributed by atoms with Crippen molar-refractivity contribution in [2.45, 2.75) is 31.8 Å². The molecule has 0 N–H and O–H groups in total. The second kappa shape index (κ2) is 8.77. The van der Waals surface area contributed by atoms with Crippen molar-refractivity contribution < 1.29 is 13.2 Å². The Hall–Kier alpha value is -1.55. The molecule has 0 saturated carbocycles. The molecule has 5 rings (SSSR count). The molecule has 0 spiro atoms. The van der Waals surface area contributed by atoms with E-state index in [1.807, 2.05) is 11.0 Å². The average molecular weight is 463 g/mol. The molecular weight excluding hydrogens is 432 g/mol. The number of nitrogens with zero attached hydrogens (tertiary/aromatic N) is 4. The predicted octanol–water partition coefficient (Wildman–Crippen LogP) is 1.84. The number of aromatic nitrogens is 1. The third-order valence-electron chi connectivity index (χ3n) is 6.98. The third kappa shape index (κ3) is 4.79. The molecule has 0 bridgehead atoms. The smallest absolute Gasteiger partial charge is 0.225 e. The topological polar surface area (TPSA) is 73.8 Å². The molecule has 0 aliphatic carbocycles. The molecule has 2 aromatic rings. The molecule has 1 atom stereocenters. The minimum atomic E-state index is -2.85. The molecule has 1 amide bonds. The van der Waals surface area contributed by atoms with E-state index in [9.17, 15) is 13.2 Å². The van der Waals surface area contributed by atoms with Gasteiger partial charge in [-0.15, -0.1) is 11.3 Å². The van der Waals surface area contributed by atoms with Gasteiger partial charge in [0.05, 0.1) is 28.3 Å². The maximum atomic E-state index is 13.0. The number of amides is 1. The normalized spacial score (nSPS) is 25.9. The summed E-state index contributed by atoms with van der Waals surface area (Å²) in [5, 5.41) is 1.14. The Bertz CT molecular complexity index is 1000. The number of piperidine rings is 1. The van der Waals surface area contributed by atoms with E-state index in [4.69, 9.17) is 4.98 Å². The van der Waals surface area contributed by atoms with E-state index in [1.54, 1.807) is 11.3 Å². The first-order valence-corrected chi connectivity index (χ1v) is 13.9. The van der Waals surface area contributed by atoms with Gasteiger partial charge in [0, 0.05) is 38.1 Å². The fraction of sp³-hybridized carbons (Fsp3) is 0.636. The van der Waals surface area contributed by atoms with Crippen molar-refractivity contribution in [1.29, 1.82) is 0 Å². The summed E-state index contributed by atoms with van der Waals surface area (Å²) >= 11 is 1.76. The van der Waals surface area contributed by atoms with E-state index in [0.29, 0.717) is 17.4 Å². The lowest BCUT2D eigenvalue weighted by Gasteiger charge is -2.39. The second-order valence-electron chi connectivity index (χ2n) is 9.04. The monoisotopic (exact) mass is 462 g/mol. The highest BCUT2D eigenvalue weighted by molar-refractivity contribution is 7.91. The molecular formula is C22H30N4O3S2. The molecule has 3 saturated heterocycles. The summed E-state index contributed by atoms with van der Waals surface area (Å²) in [6.07, 6.45) is 2.44. The van der Waals surface area contributed by atoms with Gasteiger partial charge in [0.25, 0.3) is 0 Å². The van der Waals surface area contributed by atoms with Crippen LogP contribution in [0.5, 0.6) is 0 Å². The van der Waals surface area contributed by atoms with Crippen molar-refractivity contribution in [1.82, 2.24) is 19.7 Å². The van der Waals surface area contributed by atoms with Crippen molar-refractivity contribution in [3.63, 3.8) is 0 Å². The SMILES string of the molecule is O=C(C1CCN([C@H]2CCS(=O)(=O)C2)CC1)N1CCN(Cc2nc3ccccc3s2)CC1. The van der Waals surface area contributed by atoms with Crippen molar-refractivity contribution in [2.75, 3.05) is 50.8 Å². The minimum Gasteiger partial charge on any atom is -0.340 e. The molecule has 3 aliphatic heterocycles. The van der Waals surface area contributed by atoms with Crippen molar-refractivity contribution in [2.24, 2.45) is 5.92 Å². The maximum Gasteiger partial charge on any atom is 0.225 e. The lowest BCUT2D eigenvalue weighted by atomic mass is 9.94. The van der Waals surface area contributed by atoms with Gasteiger partial charge in [-0.25, -0.2) is 13.4 Å². The third-order valence-corrected chi connectivity index (χ3v) is 9.76. The van der Waals surface area contributed by atoms with E-state index >= 15 is 0 Å². The van der Waals surface area contributed by atoms with Gasteiger partial charge < -0.3 is 4.90 Å². The van der Waals surface area contributed by atoms with Gasteiger partial charge in [-0.3, -0.25) is 14.6 Å². The molecule has 1 aromatic heterocycles. The summed E-state index contributed by atoms with van der Waals surface area (Å²) in [4.78, 5) is 24.5. The van der Waals surface area contributed by atoms with Crippen molar-refractivity contribution >= 4 is 37.3 Å². The number of thiazole rings is 1. The number of carbonyl (C=O) groups excluding carboxylic acids is 1. The molecule has 0 radical (unpaired) electrons. The van der Waals surface area contributed by atoms with Crippen LogP contribution in [0.1, 0.15) is 24.3 Å². The molecule has 0 unspecified atom stereocenters. The first-order valence-electron chi connectivity index (χ1n) is 11.3. The summed E-state index contributed by atoms with van der Waals surface area (Å²) in [6.45, 7) is 5.88. The zero-order valence-corrected chi connectivity index (χ0v) is 19.4. The summed E-state index contributed by atoms with van der Waals surface area (Å²) in [5.74, 6) is 0.989. The quantitative estimate of drug-likeness (QED) is 0.690. The van der Waals surface area contributed by atoms with Gasteiger partial charge in [-0.05, 0) is 44.5 Å². The molecule has 168 valence electrons. The molecule has 1 aromatic carbocycles. The molecule has 4 heterocycles. The summed E-state index contributed by atoms with van der Waals surface area (Å²) in [5.41, 5.74) is 1.07. The number of hydrogen-bond donors (Lipinski definition) is 0. The number of carbonyl (C=O) groups is 1. The van der Waals surface area contributed by atoms with Gasteiger partial charge in [0.1, 0.15) is 5.01 Å². The van der Waals surface area contributed by atoms with Crippen LogP contribution in [0.2, 0.25) is 0 Å². The maximum absolute atomic E-state index is 13.0. The molecule has 3 fully saturated rings. The van der Waals surface area contributed by atoms with Crippen LogP contribution in [0, 0.1) is 5.92 Å². The highest BCUT2D eigenvalue weighted by Crippen LogP contribution is 2.27. The largest absolute Gasteiger partial charge is 0.340 e. The average Bonchev–Trinajstić information content (AvgIpc) is 3.36. The number of hydrogen-bond acceptors (Lipinski definition) is 7. The predicted molar refractivity (Wildman–Crippen MR) is 123 cm³/mol. The fourth-order valence-corrected chi connectivity index (χ4v) is 7.91. The fourth-order valence-electron chi connectivity index (χ4n) is 5.14. The summed E-state index contributed by atoms with van der Waals surface area (Å²) in [7, 11) is -2.85. The number of sulfone groups is 1. The van der Waals surface area contributed by atoms with Crippen LogP contribution in [0.4, 0.5) is 0 Å². The van der Waals surface area contributed by atoms with Crippen LogP contribution < -0.4 is 0 Å².